The van der Waals surface area contributed by atoms with Gasteiger partial charge >= 0.3 is 0 Å². The minimum atomic E-state index is 0.237. The Kier molecular flexibility index (Phi) is 2.70. The molecule has 0 amide bonds. The zero-order valence-corrected chi connectivity index (χ0v) is 9.37. The predicted octanol–water partition coefficient (Wildman–Crippen LogP) is 2.21. The molecule has 1 atom stereocenters. The Hall–Kier alpha value is -1.22. The SMILES string of the molecule is c1cc2c(c(OC3CCCOC3)c1)CCN2. The average molecular weight is 219 g/mol. The molecule has 86 valence electrons. The second-order valence-corrected chi connectivity index (χ2v) is 4.42. The molecule has 1 saturated heterocycles. The standard InChI is InChI=1S/C13H17NO2/c1-4-12-11(6-7-14-12)13(5-1)16-10-3-2-8-15-9-10/h1,4-5,10,14H,2-3,6-9H2. The lowest BCUT2D eigenvalue weighted by atomic mass is 10.1. The molecular formula is C13H17NO2. The number of rotatable bonds is 2. The van der Waals surface area contributed by atoms with Gasteiger partial charge in [-0.1, -0.05) is 6.07 Å². The minimum Gasteiger partial charge on any atom is -0.488 e. The number of ether oxygens (including phenoxy) is 2. The maximum Gasteiger partial charge on any atom is 0.125 e. The van der Waals surface area contributed by atoms with Crippen LogP contribution in [0, 0.1) is 0 Å². The van der Waals surface area contributed by atoms with Gasteiger partial charge in [-0.15, -0.1) is 0 Å². The first-order valence-corrected chi connectivity index (χ1v) is 6.03. The highest BCUT2D eigenvalue weighted by atomic mass is 16.5. The molecule has 3 rings (SSSR count). The molecule has 0 spiro atoms. The first-order valence-electron chi connectivity index (χ1n) is 6.03. The second-order valence-electron chi connectivity index (χ2n) is 4.42. The van der Waals surface area contributed by atoms with Gasteiger partial charge < -0.3 is 14.8 Å². The van der Waals surface area contributed by atoms with E-state index in [1.165, 1.54) is 11.3 Å². The zero-order chi connectivity index (χ0) is 10.8. The minimum absolute atomic E-state index is 0.237. The third kappa shape index (κ3) is 1.87. The Balaban J connectivity index is 1.76. The fourth-order valence-electron chi connectivity index (χ4n) is 2.41. The van der Waals surface area contributed by atoms with Crippen LogP contribution in [0.4, 0.5) is 5.69 Å². The van der Waals surface area contributed by atoms with Crippen molar-refractivity contribution < 1.29 is 9.47 Å². The van der Waals surface area contributed by atoms with Crippen molar-refractivity contribution in [1.29, 1.82) is 0 Å². The summed E-state index contributed by atoms with van der Waals surface area (Å²) in [6.07, 6.45) is 3.52. The van der Waals surface area contributed by atoms with Gasteiger partial charge in [0.2, 0.25) is 0 Å². The highest BCUT2D eigenvalue weighted by Crippen LogP contribution is 2.32. The molecule has 1 aromatic rings. The molecule has 0 aromatic heterocycles. The van der Waals surface area contributed by atoms with Crippen molar-refractivity contribution >= 4 is 5.69 Å². The van der Waals surface area contributed by atoms with Crippen LogP contribution in [0.1, 0.15) is 18.4 Å². The summed E-state index contributed by atoms with van der Waals surface area (Å²) in [5, 5.41) is 3.37. The molecule has 16 heavy (non-hydrogen) atoms. The monoisotopic (exact) mass is 219 g/mol. The molecule has 2 aliphatic heterocycles. The maximum atomic E-state index is 6.03. The third-order valence-corrected chi connectivity index (χ3v) is 3.24. The number of fused-ring (bicyclic) bond motifs is 1. The van der Waals surface area contributed by atoms with E-state index >= 15 is 0 Å². The number of anilines is 1. The van der Waals surface area contributed by atoms with Crippen LogP contribution in [0.3, 0.4) is 0 Å². The first kappa shape index (κ1) is 9.97. The molecule has 1 fully saturated rings. The summed E-state index contributed by atoms with van der Waals surface area (Å²) in [6, 6.07) is 6.24. The lowest BCUT2D eigenvalue weighted by molar-refractivity contribution is 0.00713. The van der Waals surface area contributed by atoms with Crippen LogP contribution in [0.5, 0.6) is 5.75 Å². The molecule has 2 aliphatic rings. The number of benzene rings is 1. The van der Waals surface area contributed by atoms with Gasteiger partial charge in [0.15, 0.2) is 0 Å². The summed E-state index contributed by atoms with van der Waals surface area (Å²) in [7, 11) is 0. The van der Waals surface area contributed by atoms with Crippen molar-refractivity contribution in [2.75, 3.05) is 25.1 Å². The molecule has 0 saturated carbocycles. The van der Waals surface area contributed by atoms with E-state index in [-0.39, 0.29) is 6.10 Å². The first-order chi connectivity index (χ1) is 7.93. The molecule has 1 N–H and O–H groups in total. The number of nitrogens with one attached hydrogen (secondary N) is 1. The Labute approximate surface area is 95.8 Å². The summed E-state index contributed by atoms with van der Waals surface area (Å²) in [5.74, 6) is 1.04. The van der Waals surface area contributed by atoms with Crippen molar-refractivity contribution in [3.8, 4) is 5.75 Å². The maximum absolute atomic E-state index is 6.03. The van der Waals surface area contributed by atoms with Crippen molar-refractivity contribution in [2.24, 2.45) is 0 Å². The van der Waals surface area contributed by atoms with Crippen molar-refractivity contribution in [1.82, 2.24) is 0 Å². The van der Waals surface area contributed by atoms with Gasteiger partial charge in [0, 0.05) is 24.4 Å². The second kappa shape index (κ2) is 4.34. The fourth-order valence-corrected chi connectivity index (χ4v) is 2.41. The van der Waals surface area contributed by atoms with Crippen molar-refractivity contribution in [2.45, 2.75) is 25.4 Å². The number of hydrogen-bond donors (Lipinski definition) is 1. The Morgan fingerprint density at radius 3 is 3.25 bits per heavy atom. The van der Waals surface area contributed by atoms with Crippen LogP contribution in [0.15, 0.2) is 18.2 Å². The Morgan fingerprint density at radius 1 is 1.38 bits per heavy atom. The van der Waals surface area contributed by atoms with Gasteiger partial charge in [0.1, 0.15) is 11.9 Å². The fraction of sp³-hybridized carbons (Fsp3) is 0.538. The van der Waals surface area contributed by atoms with Crippen LogP contribution >= 0.6 is 0 Å². The quantitative estimate of drug-likeness (QED) is 0.827. The smallest absolute Gasteiger partial charge is 0.125 e. The van der Waals surface area contributed by atoms with Crippen LogP contribution in [0.2, 0.25) is 0 Å². The van der Waals surface area contributed by atoms with Crippen LogP contribution in [-0.2, 0) is 11.2 Å². The van der Waals surface area contributed by atoms with E-state index in [1.807, 2.05) is 0 Å². The Bertz CT molecular complexity index is 372. The van der Waals surface area contributed by atoms with Crippen LogP contribution in [0.25, 0.3) is 0 Å². The molecule has 0 radical (unpaired) electrons. The van der Waals surface area contributed by atoms with E-state index in [2.05, 4.69) is 23.5 Å². The summed E-state index contributed by atoms with van der Waals surface area (Å²) in [4.78, 5) is 0. The molecule has 3 nitrogen and oxygen atoms in total. The Morgan fingerprint density at radius 2 is 2.38 bits per heavy atom. The van der Waals surface area contributed by atoms with Crippen molar-refractivity contribution in [3.63, 3.8) is 0 Å². The molecule has 0 bridgehead atoms. The van der Waals surface area contributed by atoms with Crippen LogP contribution < -0.4 is 10.1 Å². The van der Waals surface area contributed by atoms with Gasteiger partial charge in [-0.25, -0.2) is 0 Å². The lowest BCUT2D eigenvalue weighted by Crippen LogP contribution is -2.28. The molecule has 0 aliphatic carbocycles. The molecule has 3 heteroatoms. The average Bonchev–Trinajstić information content (AvgIpc) is 2.80. The third-order valence-electron chi connectivity index (χ3n) is 3.24. The summed E-state index contributed by atoms with van der Waals surface area (Å²) in [6.45, 7) is 2.64. The molecule has 2 heterocycles. The van der Waals surface area contributed by atoms with E-state index in [0.29, 0.717) is 0 Å². The highest BCUT2D eigenvalue weighted by Gasteiger charge is 2.19. The lowest BCUT2D eigenvalue weighted by Gasteiger charge is -2.24. The van der Waals surface area contributed by atoms with Crippen molar-refractivity contribution in [3.05, 3.63) is 23.8 Å². The van der Waals surface area contributed by atoms with Gasteiger partial charge in [0.25, 0.3) is 0 Å². The summed E-state index contributed by atoms with van der Waals surface area (Å²) >= 11 is 0. The van der Waals surface area contributed by atoms with E-state index in [4.69, 9.17) is 9.47 Å². The predicted molar refractivity (Wildman–Crippen MR) is 63.1 cm³/mol. The van der Waals surface area contributed by atoms with Gasteiger partial charge in [-0.05, 0) is 31.4 Å². The zero-order valence-electron chi connectivity index (χ0n) is 9.37. The molecular weight excluding hydrogens is 202 g/mol. The largest absolute Gasteiger partial charge is 0.488 e. The van der Waals surface area contributed by atoms with Gasteiger partial charge in [-0.2, -0.15) is 0 Å². The van der Waals surface area contributed by atoms with E-state index < -0.39 is 0 Å². The van der Waals surface area contributed by atoms with Gasteiger partial charge in [-0.3, -0.25) is 0 Å². The summed E-state index contributed by atoms with van der Waals surface area (Å²) < 4.78 is 11.5. The van der Waals surface area contributed by atoms with E-state index in [9.17, 15) is 0 Å². The highest BCUT2D eigenvalue weighted by molar-refractivity contribution is 5.61. The van der Waals surface area contributed by atoms with E-state index in [0.717, 1.165) is 44.8 Å². The van der Waals surface area contributed by atoms with E-state index in [1.54, 1.807) is 0 Å². The molecule has 1 unspecified atom stereocenters. The summed E-state index contributed by atoms with van der Waals surface area (Å²) in [5.41, 5.74) is 2.56. The number of hydrogen-bond acceptors (Lipinski definition) is 3. The van der Waals surface area contributed by atoms with Gasteiger partial charge in [0.05, 0.1) is 6.61 Å². The normalized spacial score (nSPS) is 23.6. The topological polar surface area (TPSA) is 30.5 Å². The molecule has 1 aromatic carbocycles. The van der Waals surface area contributed by atoms with Crippen LogP contribution in [-0.4, -0.2) is 25.9 Å².